The van der Waals surface area contributed by atoms with E-state index < -0.39 is 0 Å². The minimum atomic E-state index is 0.553. The normalized spacial score (nSPS) is 13.0. The van der Waals surface area contributed by atoms with Crippen LogP contribution in [-0.4, -0.2) is 21.7 Å². The van der Waals surface area contributed by atoms with Gasteiger partial charge in [0.15, 0.2) is 5.82 Å². The van der Waals surface area contributed by atoms with Crippen LogP contribution in [0.15, 0.2) is 47.1 Å². The summed E-state index contributed by atoms with van der Waals surface area (Å²) in [5.74, 6) is 1.20. The second kappa shape index (κ2) is 5.01. The lowest BCUT2D eigenvalue weighted by atomic mass is 10.1. The maximum Gasteiger partial charge on any atom is 0.258 e. The van der Waals surface area contributed by atoms with Crippen LogP contribution in [0.4, 0.5) is 5.69 Å². The summed E-state index contributed by atoms with van der Waals surface area (Å²) in [5.41, 5.74) is 4.38. The first kappa shape index (κ1) is 12.1. The number of aromatic nitrogens is 3. The van der Waals surface area contributed by atoms with Crippen LogP contribution in [0.3, 0.4) is 0 Å². The van der Waals surface area contributed by atoms with Gasteiger partial charge in [-0.2, -0.15) is 4.98 Å². The van der Waals surface area contributed by atoms with Crippen molar-refractivity contribution in [3.8, 4) is 11.5 Å². The quantitative estimate of drug-likeness (QED) is 0.798. The average molecular weight is 278 g/mol. The first-order valence-electron chi connectivity index (χ1n) is 6.98. The molecule has 0 unspecified atom stereocenters. The highest BCUT2D eigenvalue weighted by atomic mass is 16.5. The van der Waals surface area contributed by atoms with Crippen LogP contribution >= 0.6 is 0 Å². The average Bonchev–Trinajstić information content (AvgIpc) is 3.16. The predicted octanol–water partition coefficient (Wildman–Crippen LogP) is 2.69. The molecule has 1 N–H and O–H groups in total. The molecule has 0 spiro atoms. The van der Waals surface area contributed by atoms with Gasteiger partial charge in [0, 0.05) is 29.7 Å². The third kappa shape index (κ3) is 2.38. The third-order valence-electron chi connectivity index (χ3n) is 3.60. The monoisotopic (exact) mass is 278 g/mol. The minimum absolute atomic E-state index is 0.553. The molecule has 1 aliphatic rings. The molecule has 5 heteroatoms. The van der Waals surface area contributed by atoms with Gasteiger partial charge in [0.25, 0.3) is 5.89 Å². The molecule has 5 nitrogen and oxygen atoms in total. The van der Waals surface area contributed by atoms with Gasteiger partial charge >= 0.3 is 0 Å². The molecule has 0 bridgehead atoms. The molecule has 0 radical (unpaired) electrons. The lowest BCUT2D eigenvalue weighted by molar-refractivity contribution is 0.423. The maximum atomic E-state index is 5.37. The van der Waals surface area contributed by atoms with Gasteiger partial charge in [0.2, 0.25) is 0 Å². The van der Waals surface area contributed by atoms with Gasteiger partial charge in [-0.1, -0.05) is 17.3 Å². The number of nitrogens with one attached hydrogen (secondary N) is 1. The number of anilines is 1. The third-order valence-corrected chi connectivity index (χ3v) is 3.60. The van der Waals surface area contributed by atoms with Crippen molar-refractivity contribution >= 4 is 5.69 Å². The van der Waals surface area contributed by atoms with Crippen molar-refractivity contribution in [2.24, 2.45) is 0 Å². The summed E-state index contributed by atoms with van der Waals surface area (Å²) in [7, 11) is 0. The Balaban J connectivity index is 1.59. The van der Waals surface area contributed by atoms with Crippen LogP contribution in [0.1, 0.15) is 17.1 Å². The Morgan fingerprint density at radius 2 is 2.19 bits per heavy atom. The highest BCUT2D eigenvalue weighted by Crippen LogP contribution is 2.28. The van der Waals surface area contributed by atoms with E-state index in [0.717, 1.165) is 29.9 Å². The molecular formula is C16H14N4O. The molecule has 21 heavy (non-hydrogen) atoms. The molecule has 1 aliphatic heterocycles. The second-order valence-electron chi connectivity index (χ2n) is 5.06. The summed E-state index contributed by atoms with van der Waals surface area (Å²) >= 11 is 0. The molecule has 4 rings (SSSR count). The first-order chi connectivity index (χ1) is 10.4. The van der Waals surface area contributed by atoms with Gasteiger partial charge < -0.3 is 9.84 Å². The van der Waals surface area contributed by atoms with Gasteiger partial charge in [0.05, 0.1) is 6.42 Å². The van der Waals surface area contributed by atoms with E-state index in [0.29, 0.717) is 18.1 Å². The van der Waals surface area contributed by atoms with E-state index in [1.165, 1.54) is 5.56 Å². The molecule has 0 saturated carbocycles. The fourth-order valence-electron chi connectivity index (χ4n) is 2.53. The Kier molecular flexibility index (Phi) is 2.88. The molecule has 1 aromatic carbocycles. The Labute approximate surface area is 122 Å². The molecule has 3 heterocycles. The van der Waals surface area contributed by atoms with Crippen LogP contribution in [-0.2, 0) is 12.8 Å². The van der Waals surface area contributed by atoms with Crippen LogP contribution in [0.5, 0.6) is 0 Å². The van der Waals surface area contributed by atoms with Crippen molar-refractivity contribution in [3.63, 3.8) is 0 Å². The molecule has 0 saturated heterocycles. The molecule has 0 fully saturated rings. The van der Waals surface area contributed by atoms with E-state index in [9.17, 15) is 0 Å². The van der Waals surface area contributed by atoms with E-state index in [-0.39, 0.29) is 0 Å². The Hall–Kier alpha value is -2.69. The highest BCUT2D eigenvalue weighted by molar-refractivity contribution is 5.66. The summed E-state index contributed by atoms with van der Waals surface area (Å²) in [6, 6.07) is 12.0. The number of rotatable bonds is 3. The van der Waals surface area contributed by atoms with Gasteiger partial charge in [-0.15, -0.1) is 0 Å². The lowest BCUT2D eigenvalue weighted by Gasteiger charge is -2.00. The Morgan fingerprint density at radius 3 is 3.10 bits per heavy atom. The van der Waals surface area contributed by atoms with Crippen molar-refractivity contribution in [2.45, 2.75) is 12.8 Å². The summed E-state index contributed by atoms with van der Waals surface area (Å²) in [5, 5.41) is 7.39. The predicted molar refractivity (Wildman–Crippen MR) is 79.0 cm³/mol. The zero-order chi connectivity index (χ0) is 14.1. The fraction of sp³-hybridized carbons (Fsp3) is 0.188. The number of fused-ring (bicyclic) bond motifs is 1. The van der Waals surface area contributed by atoms with Crippen LogP contribution in [0.2, 0.25) is 0 Å². The first-order valence-corrected chi connectivity index (χ1v) is 6.98. The molecular weight excluding hydrogens is 264 g/mol. The van der Waals surface area contributed by atoms with Crippen LogP contribution in [0.25, 0.3) is 11.5 Å². The fourth-order valence-corrected chi connectivity index (χ4v) is 2.53. The molecule has 0 amide bonds. The number of benzene rings is 1. The molecule has 3 aromatic rings. The zero-order valence-corrected chi connectivity index (χ0v) is 11.4. The maximum absolute atomic E-state index is 5.37. The summed E-state index contributed by atoms with van der Waals surface area (Å²) < 4.78 is 5.37. The van der Waals surface area contributed by atoms with Crippen molar-refractivity contribution in [1.82, 2.24) is 15.1 Å². The molecule has 0 atom stereocenters. The lowest BCUT2D eigenvalue weighted by Crippen LogP contribution is -1.93. The topological polar surface area (TPSA) is 63.8 Å². The molecule has 0 aliphatic carbocycles. The summed E-state index contributed by atoms with van der Waals surface area (Å²) in [4.78, 5) is 8.73. The Bertz CT molecular complexity index is 767. The zero-order valence-electron chi connectivity index (χ0n) is 11.4. The van der Waals surface area contributed by atoms with Gasteiger partial charge in [-0.3, -0.25) is 4.98 Å². The summed E-state index contributed by atoms with van der Waals surface area (Å²) in [6.45, 7) is 0.994. The largest absolute Gasteiger partial charge is 0.384 e. The number of hydrogen-bond donors (Lipinski definition) is 1. The number of hydrogen-bond acceptors (Lipinski definition) is 5. The minimum Gasteiger partial charge on any atom is -0.384 e. The standard InChI is InChI=1S/C16H14N4O/c1-2-7-17-13(3-1)10-15-19-16(21-20-15)12-5-4-11-6-8-18-14(11)9-12/h1-5,7,9,18H,6,8,10H2. The highest BCUT2D eigenvalue weighted by Gasteiger charge is 2.14. The Morgan fingerprint density at radius 1 is 1.19 bits per heavy atom. The SMILES string of the molecule is c1ccc(Cc2noc(-c3ccc4c(c3)NCC4)n2)nc1. The van der Waals surface area contributed by atoms with E-state index in [1.54, 1.807) is 6.20 Å². The van der Waals surface area contributed by atoms with Crippen LogP contribution in [0, 0.1) is 0 Å². The summed E-state index contributed by atoms with van der Waals surface area (Å²) in [6.07, 6.45) is 3.42. The van der Waals surface area contributed by atoms with Crippen molar-refractivity contribution in [3.05, 3.63) is 59.7 Å². The van der Waals surface area contributed by atoms with Gasteiger partial charge in [-0.25, -0.2) is 0 Å². The number of nitrogens with zero attached hydrogens (tertiary/aromatic N) is 3. The smallest absolute Gasteiger partial charge is 0.258 e. The van der Waals surface area contributed by atoms with Gasteiger partial charge in [0.1, 0.15) is 0 Å². The second-order valence-corrected chi connectivity index (χ2v) is 5.06. The molecule has 104 valence electrons. The van der Waals surface area contributed by atoms with E-state index >= 15 is 0 Å². The van der Waals surface area contributed by atoms with Crippen molar-refractivity contribution in [1.29, 1.82) is 0 Å². The van der Waals surface area contributed by atoms with E-state index in [2.05, 4.69) is 32.6 Å². The van der Waals surface area contributed by atoms with Crippen molar-refractivity contribution in [2.75, 3.05) is 11.9 Å². The van der Waals surface area contributed by atoms with Crippen LogP contribution < -0.4 is 5.32 Å². The van der Waals surface area contributed by atoms with Gasteiger partial charge in [-0.05, 0) is 36.2 Å². The van der Waals surface area contributed by atoms with E-state index in [1.807, 2.05) is 24.3 Å². The number of pyridine rings is 1. The molecule has 2 aromatic heterocycles. The van der Waals surface area contributed by atoms with Crippen molar-refractivity contribution < 1.29 is 4.52 Å². The van der Waals surface area contributed by atoms with E-state index in [4.69, 9.17) is 4.52 Å².